The summed E-state index contributed by atoms with van der Waals surface area (Å²) >= 11 is 4.95. The van der Waals surface area contributed by atoms with Crippen molar-refractivity contribution in [1.29, 1.82) is 0 Å². The number of nitrogens with zero attached hydrogens (tertiary/aromatic N) is 2. The minimum Gasteiger partial charge on any atom is -0.492 e. The zero-order valence-corrected chi connectivity index (χ0v) is 21.4. The summed E-state index contributed by atoms with van der Waals surface area (Å²) in [7, 11) is 1.61. The number of hydrogen-bond donors (Lipinski definition) is 0. The molecule has 7 heteroatoms. The van der Waals surface area contributed by atoms with Crippen molar-refractivity contribution in [3.8, 4) is 11.5 Å². The molecule has 174 valence electrons. The van der Waals surface area contributed by atoms with Crippen molar-refractivity contribution in [3.05, 3.63) is 98.9 Å². The molecule has 1 amide bonds. The van der Waals surface area contributed by atoms with E-state index in [0.29, 0.717) is 41.3 Å². The fourth-order valence-electron chi connectivity index (χ4n) is 3.56. The van der Waals surface area contributed by atoms with Gasteiger partial charge in [0.1, 0.15) is 0 Å². The number of hydrogen-bond acceptors (Lipinski definition) is 5. The van der Waals surface area contributed by atoms with E-state index in [1.807, 2.05) is 85.8 Å². The average Bonchev–Trinajstić information content (AvgIpc) is 3.13. The lowest BCUT2D eigenvalue weighted by Gasteiger charge is -2.15. The first-order valence-corrected chi connectivity index (χ1v) is 12.5. The summed E-state index contributed by atoms with van der Waals surface area (Å²) in [5.41, 5.74) is 2.99. The molecule has 0 spiro atoms. The Bertz CT molecular complexity index is 1210. The Labute approximate surface area is 212 Å². The fraction of sp³-hybridized carbons (Fsp3) is 0.185. The second-order valence-electron chi connectivity index (χ2n) is 7.54. The molecule has 0 unspecified atom stereocenters. The maximum atomic E-state index is 13.4. The van der Waals surface area contributed by atoms with Crippen LogP contribution >= 0.6 is 27.7 Å². The van der Waals surface area contributed by atoms with E-state index >= 15 is 0 Å². The SMILES string of the molecule is CCOc1cc(/C=C2\SC(=NCc3ccccc3)N(Cc3ccccc3)C2=O)cc(Br)c1OC. The van der Waals surface area contributed by atoms with E-state index in [1.54, 1.807) is 12.0 Å². The molecule has 0 bridgehead atoms. The number of benzene rings is 3. The fourth-order valence-corrected chi connectivity index (χ4v) is 5.15. The van der Waals surface area contributed by atoms with E-state index < -0.39 is 0 Å². The van der Waals surface area contributed by atoms with Crippen LogP contribution in [0.2, 0.25) is 0 Å². The van der Waals surface area contributed by atoms with Crippen molar-refractivity contribution in [1.82, 2.24) is 4.90 Å². The van der Waals surface area contributed by atoms with E-state index in [4.69, 9.17) is 14.5 Å². The molecular weight excluding hydrogens is 512 g/mol. The Morgan fingerprint density at radius 2 is 1.71 bits per heavy atom. The summed E-state index contributed by atoms with van der Waals surface area (Å²) in [6.45, 7) is 3.41. The van der Waals surface area contributed by atoms with Crippen LogP contribution in [0.1, 0.15) is 23.6 Å². The lowest BCUT2D eigenvalue weighted by molar-refractivity contribution is -0.122. The van der Waals surface area contributed by atoms with Crippen LogP contribution < -0.4 is 9.47 Å². The minimum absolute atomic E-state index is 0.0643. The van der Waals surface area contributed by atoms with Gasteiger partial charge in [-0.1, -0.05) is 60.7 Å². The van der Waals surface area contributed by atoms with E-state index in [1.165, 1.54) is 11.8 Å². The number of ether oxygens (including phenoxy) is 2. The van der Waals surface area contributed by atoms with Gasteiger partial charge in [0.05, 0.1) is 36.2 Å². The van der Waals surface area contributed by atoms with Gasteiger partial charge in [0, 0.05) is 0 Å². The Morgan fingerprint density at radius 1 is 1.03 bits per heavy atom. The number of aliphatic imine (C=N–C) groups is 1. The van der Waals surface area contributed by atoms with Crippen molar-refractivity contribution >= 4 is 44.8 Å². The smallest absolute Gasteiger partial charge is 0.267 e. The lowest BCUT2D eigenvalue weighted by Crippen LogP contribution is -2.28. The van der Waals surface area contributed by atoms with Gasteiger partial charge < -0.3 is 9.47 Å². The highest BCUT2D eigenvalue weighted by Crippen LogP contribution is 2.39. The maximum Gasteiger partial charge on any atom is 0.267 e. The van der Waals surface area contributed by atoms with Crippen molar-refractivity contribution in [2.75, 3.05) is 13.7 Å². The molecule has 0 aromatic heterocycles. The summed E-state index contributed by atoms with van der Waals surface area (Å²) in [5.74, 6) is 1.19. The molecule has 0 N–H and O–H groups in total. The van der Waals surface area contributed by atoms with Gasteiger partial charge >= 0.3 is 0 Å². The van der Waals surface area contributed by atoms with Gasteiger partial charge in [0.15, 0.2) is 16.7 Å². The molecule has 1 aliphatic rings. The minimum atomic E-state index is -0.0643. The van der Waals surface area contributed by atoms with Crippen LogP contribution in [-0.4, -0.2) is 29.7 Å². The quantitative estimate of drug-likeness (QED) is 0.307. The van der Waals surface area contributed by atoms with E-state index in [0.717, 1.165) is 21.2 Å². The predicted octanol–water partition coefficient (Wildman–Crippen LogP) is 6.53. The van der Waals surface area contributed by atoms with Crippen LogP contribution in [-0.2, 0) is 17.9 Å². The van der Waals surface area contributed by atoms with Crippen molar-refractivity contribution in [2.45, 2.75) is 20.0 Å². The van der Waals surface area contributed by atoms with Gasteiger partial charge in [-0.05, 0) is 69.5 Å². The van der Waals surface area contributed by atoms with Crippen molar-refractivity contribution < 1.29 is 14.3 Å². The Hall–Kier alpha value is -3.03. The number of carbonyl (C=O) groups excluding carboxylic acids is 1. The standard InChI is InChI=1S/C27H25BrN2O3S/c1-3-33-23-15-21(14-22(28)25(23)32-2)16-24-26(31)30(18-20-12-8-5-9-13-20)27(34-24)29-17-19-10-6-4-7-11-19/h4-16H,3,17-18H2,1-2H3/b24-16-,29-27?. The van der Waals surface area contributed by atoms with E-state index in [9.17, 15) is 4.79 Å². The highest BCUT2D eigenvalue weighted by molar-refractivity contribution is 9.10. The average molecular weight is 537 g/mol. The van der Waals surface area contributed by atoms with Gasteiger partial charge in [0.2, 0.25) is 0 Å². The van der Waals surface area contributed by atoms with Gasteiger partial charge in [-0.25, -0.2) is 0 Å². The molecule has 34 heavy (non-hydrogen) atoms. The maximum absolute atomic E-state index is 13.4. The van der Waals surface area contributed by atoms with Crippen LogP contribution in [0.15, 0.2) is 87.2 Å². The normalized spacial score (nSPS) is 15.9. The first kappa shape index (κ1) is 24.1. The molecular formula is C27H25BrN2O3S. The Kier molecular flexibility index (Phi) is 8.08. The molecule has 0 atom stereocenters. The first-order valence-electron chi connectivity index (χ1n) is 10.9. The molecule has 5 nitrogen and oxygen atoms in total. The topological polar surface area (TPSA) is 51.1 Å². The molecule has 0 aliphatic carbocycles. The van der Waals surface area contributed by atoms with Crippen molar-refractivity contribution in [2.24, 2.45) is 4.99 Å². The molecule has 1 fully saturated rings. The molecule has 3 aromatic rings. The summed E-state index contributed by atoms with van der Waals surface area (Å²) < 4.78 is 12.0. The lowest BCUT2D eigenvalue weighted by atomic mass is 10.1. The highest BCUT2D eigenvalue weighted by atomic mass is 79.9. The van der Waals surface area contributed by atoms with Crippen LogP contribution in [0.4, 0.5) is 0 Å². The second-order valence-corrected chi connectivity index (χ2v) is 9.40. The van der Waals surface area contributed by atoms with Crippen LogP contribution in [0, 0.1) is 0 Å². The largest absolute Gasteiger partial charge is 0.492 e. The monoisotopic (exact) mass is 536 g/mol. The number of carbonyl (C=O) groups is 1. The second kappa shape index (κ2) is 11.4. The number of amides is 1. The third-order valence-corrected chi connectivity index (χ3v) is 6.78. The van der Waals surface area contributed by atoms with Crippen molar-refractivity contribution in [3.63, 3.8) is 0 Å². The molecule has 4 rings (SSSR count). The molecule has 1 heterocycles. The zero-order chi connectivity index (χ0) is 23.9. The molecule has 0 radical (unpaired) electrons. The Morgan fingerprint density at radius 3 is 2.35 bits per heavy atom. The zero-order valence-electron chi connectivity index (χ0n) is 19.0. The summed E-state index contributed by atoms with van der Waals surface area (Å²) in [4.78, 5) is 20.6. The van der Waals surface area contributed by atoms with Crippen LogP contribution in [0.25, 0.3) is 6.08 Å². The highest BCUT2D eigenvalue weighted by Gasteiger charge is 2.33. The summed E-state index contributed by atoms with van der Waals surface area (Å²) in [5, 5.41) is 0.696. The van der Waals surface area contributed by atoms with Gasteiger partial charge in [-0.3, -0.25) is 14.7 Å². The Balaban J connectivity index is 1.67. The van der Waals surface area contributed by atoms with Crippen LogP contribution in [0.3, 0.4) is 0 Å². The van der Waals surface area contributed by atoms with E-state index in [-0.39, 0.29) is 5.91 Å². The van der Waals surface area contributed by atoms with Gasteiger partial charge in [-0.2, -0.15) is 0 Å². The number of halogens is 1. The molecule has 3 aromatic carbocycles. The number of rotatable bonds is 8. The van der Waals surface area contributed by atoms with Gasteiger partial charge in [-0.15, -0.1) is 0 Å². The predicted molar refractivity (Wildman–Crippen MR) is 142 cm³/mol. The number of thioether (sulfide) groups is 1. The van der Waals surface area contributed by atoms with E-state index in [2.05, 4.69) is 15.9 Å². The summed E-state index contributed by atoms with van der Waals surface area (Å²) in [6.07, 6.45) is 1.88. The third kappa shape index (κ3) is 5.72. The molecule has 1 saturated heterocycles. The first-order chi connectivity index (χ1) is 16.6. The molecule has 0 saturated carbocycles. The number of methoxy groups -OCH3 is 1. The summed E-state index contributed by atoms with van der Waals surface area (Å²) in [6, 6.07) is 23.8. The molecule has 1 aliphatic heterocycles. The number of amidine groups is 1. The van der Waals surface area contributed by atoms with Gasteiger partial charge in [0.25, 0.3) is 5.91 Å². The third-order valence-electron chi connectivity index (χ3n) is 5.14. The van der Waals surface area contributed by atoms with Crippen LogP contribution in [0.5, 0.6) is 11.5 Å².